The molecule has 0 fully saturated rings. The molecule has 1 unspecified atom stereocenters. The summed E-state index contributed by atoms with van der Waals surface area (Å²) in [7, 11) is 1.73. The van der Waals surface area contributed by atoms with Crippen molar-refractivity contribution in [2.24, 2.45) is 5.92 Å². The number of pyridine rings is 1. The highest BCUT2D eigenvalue weighted by Gasteiger charge is 2.25. The Bertz CT molecular complexity index is 680. The van der Waals surface area contributed by atoms with Gasteiger partial charge in [0.1, 0.15) is 5.69 Å². The van der Waals surface area contributed by atoms with Gasteiger partial charge in [-0.05, 0) is 25.0 Å². The average Bonchev–Trinajstić information content (AvgIpc) is 3.16. The fourth-order valence-electron chi connectivity index (χ4n) is 2.40. The Hall–Kier alpha value is -2.14. The topological polar surface area (TPSA) is 51.0 Å². The number of aromatic nitrogens is 3. The number of anilines is 1. The second kappa shape index (κ2) is 5.69. The number of carbonyl (C=O) groups is 1. The number of hydrogen-bond donors (Lipinski definition) is 0. The summed E-state index contributed by atoms with van der Waals surface area (Å²) < 4.78 is 1.62. The summed E-state index contributed by atoms with van der Waals surface area (Å²) in [4.78, 5) is 18.0. The lowest BCUT2D eigenvalue weighted by Gasteiger charge is -2.18. The standard InChI is InChI=1S/C15H15ClN4O/c1-19(15(21)11-5-2-3-6-11)13-10-20(18-14(13)16)12-7-4-8-17-9-12/h2,4-5,7-11H,3,6H2,1H3. The lowest BCUT2D eigenvalue weighted by Crippen LogP contribution is -2.31. The third kappa shape index (κ3) is 2.69. The number of allylic oxidation sites excluding steroid dienone is 1. The monoisotopic (exact) mass is 302 g/mol. The molecule has 0 saturated carbocycles. The van der Waals surface area contributed by atoms with Gasteiger partial charge in [0.15, 0.2) is 5.15 Å². The highest BCUT2D eigenvalue weighted by atomic mass is 35.5. The van der Waals surface area contributed by atoms with Gasteiger partial charge in [0, 0.05) is 13.2 Å². The highest BCUT2D eigenvalue weighted by molar-refractivity contribution is 6.32. The molecule has 2 aromatic heterocycles. The number of hydrogen-bond acceptors (Lipinski definition) is 3. The van der Waals surface area contributed by atoms with Crippen molar-refractivity contribution in [2.45, 2.75) is 12.8 Å². The highest BCUT2D eigenvalue weighted by Crippen LogP contribution is 2.28. The van der Waals surface area contributed by atoms with Gasteiger partial charge >= 0.3 is 0 Å². The van der Waals surface area contributed by atoms with Crippen molar-refractivity contribution in [3.05, 3.63) is 48.0 Å². The minimum atomic E-state index is -0.0622. The third-order valence-corrected chi connectivity index (χ3v) is 3.85. The maximum absolute atomic E-state index is 12.4. The zero-order valence-corrected chi connectivity index (χ0v) is 12.4. The Kier molecular flexibility index (Phi) is 3.75. The van der Waals surface area contributed by atoms with Crippen LogP contribution in [0.5, 0.6) is 0 Å². The first-order valence-electron chi connectivity index (χ1n) is 6.76. The van der Waals surface area contributed by atoms with Crippen LogP contribution in [-0.4, -0.2) is 27.7 Å². The molecule has 0 aromatic carbocycles. The molecule has 2 heterocycles. The van der Waals surface area contributed by atoms with Crippen molar-refractivity contribution in [2.75, 3.05) is 11.9 Å². The van der Waals surface area contributed by atoms with E-state index in [9.17, 15) is 4.79 Å². The van der Waals surface area contributed by atoms with Crippen LogP contribution in [0.25, 0.3) is 5.69 Å². The molecule has 1 atom stereocenters. The number of rotatable bonds is 3. The van der Waals surface area contributed by atoms with E-state index in [1.165, 1.54) is 0 Å². The van der Waals surface area contributed by atoms with E-state index < -0.39 is 0 Å². The Labute approximate surface area is 127 Å². The van der Waals surface area contributed by atoms with E-state index in [-0.39, 0.29) is 11.8 Å². The van der Waals surface area contributed by atoms with Crippen molar-refractivity contribution in [1.82, 2.24) is 14.8 Å². The second-order valence-electron chi connectivity index (χ2n) is 4.97. The van der Waals surface area contributed by atoms with Crippen molar-refractivity contribution < 1.29 is 4.79 Å². The molecule has 0 spiro atoms. The van der Waals surface area contributed by atoms with Crippen LogP contribution in [0.2, 0.25) is 5.15 Å². The molecule has 1 aliphatic rings. The Balaban J connectivity index is 1.87. The maximum Gasteiger partial charge on any atom is 0.233 e. The number of amides is 1. The molecular formula is C15H15ClN4O. The Morgan fingerprint density at radius 2 is 2.38 bits per heavy atom. The minimum Gasteiger partial charge on any atom is -0.311 e. The summed E-state index contributed by atoms with van der Waals surface area (Å²) in [5.74, 6) is -0.0239. The van der Waals surface area contributed by atoms with Gasteiger partial charge in [-0.3, -0.25) is 9.78 Å². The predicted octanol–water partition coefficient (Wildman–Crippen LogP) is 2.85. The molecule has 2 aromatic rings. The van der Waals surface area contributed by atoms with Gasteiger partial charge in [0.05, 0.1) is 24.0 Å². The quantitative estimate of drug-likeness (QED) is 0.819. The summed E-state index contributed by atoms with van der Waals surface area (Å²) >= 11 is 6.18. The molecule has 0 aliphatic heterocycles. The third-order valence-electron chi connectivity index (χ3n) is 3.58. The lowest BCUT2D eigenvalue weighted by atomic mass is 10.1. The fourth-order valence-corrected chi connectivity index (χ4v) is 2.65. The van der Waals surface area contributed by atoms with Crippen LogP contribution >= 0.6 is 11.6 Å². The molecule has 21 heavy (non-hydrogen) atoms. The molecule has 0 bridgehead atoms. The first kappa shape index (κ1) is 13.8. The van der Waals surface area contributed by atoms with E-state index in [2.05, 4.69) is 10.1 Å². The summed E-state index contributed by atoms with van der Waals surface area (Å²) in [6.45, 7) is 0. The van der Waals surface area contributed by atoms with Crippen molar-refractivity contribution in [3.8, 4) is 5.69 Å². The fraction of sp³-hybridized carbons (Fsp3) is 0.267. The van der Waals surface area contributed by atoms with Gasteiger partial charge in [-0.2, -0.15) is 5.10 Å². The lowest BCUT2D eigenvalue weighted by molar-refractivity contribution is -0.120. The molecule has 1 aliphatic carbocycles. The van der Waals surface area contributed by atoms with Crippen LogP contribution in [-0.2, 0) is 4.79 Å². The number of halogens is 1. The maximum atomic E-state index is 12.4. The molecule has 0 N–H and O–H groups in total. The van der Waals surface area contributed by atoms with Gasteiger partial charge in [-0.25, -0.2) is 4.68 Å². The molecule has 0 radical (unpaired) electrons. The second-order valence-corrected chi connectivity index (χ2v) is 5.33. The SMILES string of the molecule is CN(C(=O)C1C=CCC1)c1cn(-c2cccnc2)nc1Cl. The van der Waals surface area contributed by atoms with E-state index >= 15 is 0 Å². The molecule has 0 saturated heterocycles. The minimum absolute atomic E-state index is 0.0383. The van der Waals surface area contributed by atoms with E-state index in [1.807, 2.05) is 24.3 Å². The zero-order chi connectivity index (χ0) is 14.8. The number of carbonyl (C=O) groups excluding carboxylic acids is 1. The first-order valence-corrected chi connectivity index (χ1v) is 7.14. The van der Waals surface area contributed by atoms with Crippen LogP contribution in [0.1, 0.15) is 12.8 Å². The van der Waals surface area contributed by atoms with Crippen molar-refractivity contribution in [3.63, 3.8) is 0 Å². The molecule has 108 valence electrons. The zero-order valence-electron chi connectivity index (χ0n) is 11.6. The Morgan fingerprint density at radius 3 is 3.05 bits per heavy atom. The van der Waals surface area contributed by atoms with Crippen LogP contribution < -0.4 is 4.90 Å². The molecule has 6 heteroatoms. The molecular weight excluding hydrogens is 288 g/mol. The molecule has 5 nitrogen and oxygen atoms in total. The summed E-state index contributed by atoms with van der Waals surface area (Å²) in [6, 6.07) is 3.70. The Morgan fingerprint density at radius 1 is 1.52 bits per heavy atom. The van der Waals surface area contributed by atoms with Crippen LogP contribution in [0.4, 0.5) is 5.69 Å². The molecule has 1 amide bonds. The summed E-state index contributed by atoms with van der Waals surface area (Å²) in [6.07, 6.45) is 10.9. The van der Waals surface area contributed by atoms with Crippen LogP contribution in [0.3, 0.4) is 0 Å². The normalized spacial score (nSPS) is 17.1. The first-order chi connectivity index (χ1) is 10.2. The van der Waals surface area contributed by atoms with Gasteiger partial charge in [-0.15, -0.1) is 0 Å². The summed E-state index contributed by atoms with van der Waals surface area (Å²) in [5, 5.41) is 4.54. The summed E-state index contributed by atoms with van der Waals surface area (Å²) in [5.41, 5.74) is 1.40. The number of nitrogens with zero attached hydrogens (tertiary/aromatic N) is 4. The van der Waals surface area contributed by atoms with Gasteiger partial charge in [0.2, 0.25) is 5.91 Å². The van der Waals surface area contributed by atoms with Crippen molar-refractivity contribution in [1.29, 1.82) is 0 Å². The largest absolute Gasteiger partial charge is 0.311 e. The van der Waals surface area contributed by atoms with Gasteiger partial charge in [-0.1, -0.05) is 23.8 Å². The van der Waals surface area contributed by atoms with E-state index in [4.69, 9.17) is 11.6 Å². The van der Waals surface area contributed by atoms with Crippen LogP contribution in [0, 0.1) is 5.92 Å². The van der Waals surface area contributed by atoms with E-state index in [1.54, 1.807) is 35.2 Å². The van der Waals surface area contributed by atoms with Crippen LogP contribution in [0.15, 0.2) is 42.9 Å². The average molecular weight is 303 g/mol. The van der Waals surface area contributed by atoms with E-state index in [0.29, 0.717) is 10.8 Å². The van der Waals surface area contributed by atoms with Gasteiger partial charge in [0.25, 0.3) is 0 Å². The van der Waals surface area contributed by atoms with Gasteiger partial charge < -0.3 is 4.90 Å². The smallest absolute Gasteiger partial charge is 0.233 e. The predicted molar refractivity (Wildman–Crippen MR) is 81.6 cm³/mol. The molecule has 3 rings (SSSR count). The van der Waals surface area contributed by atoms with E-state index in [0.717, 1.165) is 18.5 Å². The van der Waals surface area contributed by atoms with Crippen molar-refractivity contribution >= 4 is 23.2 Å².